The zero-order chi connectivity index (χ0) is 10.8. The number of aliphatic hydroxyl groups excluding tert-OH is 1. The van der Waals surface area contributed by atoms with Gasteiger partial charge >= 0.3 is 0 Å². The summed E-state index contributed by atoms with van der Waals surface area (Å²) in [6, 6.07) is 0. The fraction of sp³-hybridized carbons (Fsp3) is 0.700. The molecule has 0 radical (unpaired) electrons. The minimum absolute atomic E-state index is 0.307. The Kier molecular flexibility index (Phi) is 3.04. The molecule has 84 valence electrons. The van der Waals surface area contributed by atoms with E-state index in [9.17, 15) is 5.11 Å². The van der Waals surface area contributed by atoms with Crippen molar-refractivity contribution < 1.29 is 9.52 Å². The molecule has 0 saturated heterocycles. The van der Waals surface area contributed by atoms with Gasteiger partial charge in [0.25, 0.3) is 0 Å². The van der Waals surface area contributed by atoms with E-state index in [1.165, 1.54) is 0 Å². The SMILES string of the molecule is Cc1nc2c(o1)CCN(C[C@@H](O)CN)C2. The van der Waals surface area contributed by atoms with Crippen LogP contribution in [0.25, 0.3) is 0 Å². The normalized spacial score (nSPS) is 18.9. The smallest absolute Gasteiger partial charge is 0.191 e. The highest BCUT2D eigenvalue weighted by atomic mass is 16.4. The van der Waals surface area contributed by atoms with E-state index >= 15 is 0 Å². The molecule has 1 aromatic rings. The van der Waals surface area contributed by atoms with Crippen LogP contribution >= 0.6 is 0 Å². The fourth-order valence-corrected chi connectivity index (χ4v) is 1.91. The van der Waals surface area contributed by atoms with Gasteiger partial charge in [-0.05, 0) is 0 Å². The van der Waals surface area contributed by atoms with E-state index in [1.807, 2.05) is 6.92 Å². The van der Waals surface area contributed by atoms with Gasteiger partial charge in [0.1, 0.15) is 5.76 Å². The molecule has 0 spiro atoms. The molecule has 3 N–H and O–H groups in total. The summed E-state index contributed by atoms with van der Waals surface area (Å²) < 4.78 is 5.46. The number of aryl methyl sites for hydroxylation is 1. The first-order valence-electron chi connectivity index (χ1n) is 5.24. The largest absolute Gasteiger partial charge is 0.446 e. The minimum Gasteiger partial charge on any atom is -0.446 e. The van der Waals surface area contributed by atoms with E-state index in [-0.39, 0.29) is 0 Å². The Bertz CT molecular complexity index is 337. The molecule has 0 bridgehead atoms. The lowest BCUT2D eigenvalue weighted by molar-refractivity contribution is 0.108. The third-order valence-electron chi connectivity index (χ3n) is 2.65. The van der Waals surface area contributed by atoms with E-state index < -0.39 is 6.10 Å². The lowest BCUT2D eigenvalue weighted by atomic mass is 10.1. The number of nitrogens with zero attached hydrogens (tertiary/aromatic N) is 2. The Labute approximate surface area is 88.9 Å². The van der Waals surface area contributed by atoms with Crippen LogP contribution in [0.15, 0.2) is 4.42 Å². The molecule has 1 aliphatic heterocycles. The molecule has 0 amide bonds. The van der Waals surface area contributed by atoms with Crippen molar-refractivity contribution in [3.63, 3.8) is 0 Å². The highest BCUT2D eigenvalue weighted by Crippen LogP contribution is 2.19. The van der Waals surface area contributed by atoms with Crippen LogP contribution in [0, 0.1) is 6.92 Å². The summed E-state index contributed by atoms with van der Waals surface area (Å²) in [6.07, 6.45) is 0.424. The predicted molar refractivity (Wildman–Crippen MR) is 55.3 cm³/mol. The van der Waals surface area contributed by atoms with Gasteiger partial charge in [0.2, 0.25) is 0 Å². The molecule has 0 aliphatic carbocycles. The topological polar surface area (TPSA) is 75.5 Å². The zero-order valence-electron chi connectivity index (χ0n) is 8.94. The summed E-state index contributed by atoms with van der Waals surface area (Å²) >= 11 is 0. The first kappa shape index (κ1) is 10.6. The van der Waals surface area contributed by atoms with Crippen LogP contribution in [0.5, 0.6) is 0 Å². The first-order chi connectivity index (χ1) is 7.19. The zero-order valence-corrected chi connectivity index (χ0v) is 8.94. The number of β-amino-alcohol motifs (C(OH)–C–C–N with tert-alkyl or cyclic N) is 1. The second kappa shape index (κ2) is 4.30. The highest BCUT2D eigenvalue weighted by Gasteiger charge is 2.22. The Balaban J connectivity index is 1.99. The van der Waals surface area contributed by atoms with E-state index in [0.717, 1.165) is 36.9 Å². The number of oxazole rings is 1. The molecule has 1 aliphatic rings. The van der Waals surface area contributed by atoms with Crippen LogP contribution in [-0.2, 0) is 13.0 Å². The van der Waals surface area contributed by atoms with Gasteiger partial charge < -0.3 is 15.3 Å². The predicted octanol–water partition coefficient (Wildman–Crippen LogP) is -0.339. The molecule has 15 heavy (non-hydrogen) atoms. The number of aliphatic hydroxyl groups is 1. The molecular formula is C10H17N3O2. The van der Waals surface area contributed by atoms with Crippen LogP contribution < -0.4 is 5.73 Å². The van der Waals surface area contributed by atoms with Gasteiger partial charge in [0.15, 0.2) is 5.89 Å². The Hall–Kier alpha value is -0.910. The molecule has 5 heteroatoms. The molecule has 0 unspecified atom stereocenters. The van der Waals surface area contributed by atoms with Crippen LogP contribution in [0.3, 0.4) is 0 Å². The summed E-state index contributed by atoms with van der Waals surface area (Å²) in [6.45, 7) is 4.43. The fourth-order valence-electron chi connectivity index (χ4n) is 1.91. The van der Waals surface area contributed by atoms with Crippen molar-refractivity contribution in [2.24, 2.45) is 5.73 Å². The van der Waals surface area contributed by atoms with Crippen molar-refractivity contribution in [2.75, 3.05) is 19.6 Å². The average Bonchev–Trinajstić information content (AvgIpc) is 2.57. The average molecular weight is 211 g/mol. The van der Waals surface area contributed by atoms with Crippen molar-refractivity contribution >= 4 is 0 Å². The summed E-state index contributed by atoms with van der Waals surface area (Å²) in [5, 5.41) is 9.45. The van der Waals surface area contributed by atoms with Gasteiger partial charge in [-0.2, -0.15) is 0 Å². The van der Waals surface area contributed by atoms with Crippen molar-refractivity contribution in [3.8, 4) is 0 Å². The van der Waals surface area contributed by atoms with E-state index in [0.29, 0.717) is 13.1 Å². The van der Waals surface area contributed by atoms with Gasteiger partial charge in [-0.3, -0.25) is 4.90 Å². The Morgan fingerprint density at radius 3 is 3.20 bits per heavy atom. The molecule has 2 heterocycles. The maximum Gasteiger partial charge on any atom is 0.191 e. The number of hydrogen-bond donors (Lipinski definition) is 2. The van der Waals surface area contributed by atoms with Gasteiger partial charge in [-0.15, -0.1) is 0 Å². The van der Waals surface area contributed by atoms with Crippen LogP contribution in [0.2, 0.25) is 0 Å². The summed E-state index contributed by atoms with van der Waals surface area (Å²) in [4.78, 5) is 6.47. The molecule has 0 aromatic carbocycles. The lowest BCUT2D eigenvalue weighted by Gasteiger charge is -2.26. The van der Waals surface area contributed by atoms with Crippen molar-refractivity contribution in [3.05, 3.63) is 17.3 Å². The molecule has 1 atom stereocenters. The lowest BCUT2D eigenvalue weighted by Crippen LogP contribution is -2.39. The quantitative estimate of drug-likeness (QED) is 0.715. The number of fused-ring (bicyclic) bond motifs is 1. The maximum atomic E-state index is 9.45. The maximum absolute atomic E-state index is 9.45. The van der Waals surface area contributed by atoms with Crippen molar-refractivity contribution in [1.82, 2.24) is 9.88 Å². The summed E-state index contributed by atoms with van der Waals surface area (Å²) in [5.41, 5.74) is 6.38. The number of rotatable bonds is 3. The number of aromatic nitrogens is 1. The third-order valence-corrected chi connectivity index (χ3v) is 2.65. The third kappa shape index (κ3) is 2.37. The molecular weight excluding hydrogens is 194 g/mol. The van der Waals surface area contributed by atoms with Crippen LogP contribution in [-0.4, -0.2) is 40.7 Å². The molecule has 0 saturated carbocycles. The molecule has 5 nitrogen and oxygen atoms in total. The van der Waals surface area contributed by atoms with Gasteiger partial charge in [0, 0.05) is 39.5 Å². The van der Waals surface area contributed by atoms with Crippen LogP contribution in [0.4, 0.5) is 0 Å². The monoisotopic (exact) mass is 211 g/mol. The summed E-state index contributed by atoms with van der Waals surface area (Å²) in [5.74, 6) is 1.72. The van der Waals surface area contributed by atoms with E-state index in [1.54, 1.807) is 0 Å². The molecule has 2 rings (SSSR count). The minimum atomic E-state index is -0.445. The second-order valence-corrected chi connectivity index (χ2v) is 3.98. The van der Waals surface area contributed by atoms with Crippen LogP contribution in [0.1, 0.15) is 17.3 Å². The number of hydrogen-bond acceptors (Lipinski definition) is 5. The van der Waals surface area contributed by atoms with Crippen molar-refractivity contribution in [2.45, 2.75) is 26.0 Å². The van der Waals surface area contributed by atoms with Crippen molar-refractivity contribution in [1.29, 1.82) is 0 Å². The molecule has 0 fully saturated rings. The number of nitrogens with two attached hydrogens (primary N) is 1. The standard InChI is InChI=1S/C10H17N3O2/c1-7-12-9-6-13(5-8(14)4-11)3-2-10(9)15-7/h8,14H,2-6,11H2,1H3/t8-/m0/s1. The molecule has 1 aromatic heterocycles. The Morgan fingerprint density at radius 2 is 2.47 bits per heavy atom. The van der Waals surface area contributed by atoms with Gasteiger partial charge in [0.05, 0.1) is 11.8 Å². The Morgan fingerprint density at radius 1 is 1.67 bits per heavy atom. The first-order valence-corrected chi connectivity index (χ1v) is 5.24. The second-order valence-electron chi connectivity index (χ2n) is 3.98. The van der Waals surface area contributed by atoms with E-state index in [2.05, 4.69) is 9.88 Å². The van der Waals surface area contributed by atoms with Gasteiger partial charge in [-0.25, -0.2) is 4.98 Å². The highest BCUT2D eigenvalue weighted by molar-refractivity contribution is 5.13. The van der Waals surface area contributed by atoms with Gasteiger partial charge in [-0.1, -0.05) is 0 Å². The summed E-state index contributed by atoms with van der Waals surface area (Å²) in [7, 11) is 0. The van der Waals surface area contributed by atoms with E-state index in [4.69, 9.17) is 10.2 Å².